The summed E-state index contributed by atoms with van der Waals surface area (Å²) in [6, 6.07) is 10.8. The molecule has 0 aliphatic heterocycles. The Kier molecular flexibility index (Phi) is 7.64. The number of nitrogens with zero attached hydrogens (tertiary/aromatic N) is 1. The highest BCUT2D eigenvalue weighted by Gasteiger charge is 2.29. The molecular weight excluding hydrogens is 374 g/mol. The van der Waals surface area contributed by atoms with Gasteiger partial charge in [0.2, 0.25) is 5.91 Å². The molecule has 0 bridgehead atoms. The summed E-state index contributed by atoms with van der Waals surface area (Å²) in [4.78, 5) is 27.1. The Hall–Kier alpha value is -2.33. The van der Waals surface area contributed by atoms with E-state index in [1.807, 2.05) is 32.9 Å². The van der Waals surface area contributed by atoms with Crippen molar-refractivity contribution in [1.82, 2.24) is 4.90 Å². The summed E-state index contributed by atoms with van der Waals surface area (Å²) in [7, 11) is 1.66. The number of esters is 1. The quantitative estimate of drug-likeness (QED) is 0.644. The van der Waals surface area contributed by atoms with E-state index in [9.17, 15) is 9.59 Å². The van der Waals surface area contributed by atoms with Crippen LogP contribution in [0.2, 0.25) is 5.02 Å². The Morgan fingerprint density at radius 2 is 1.75 bits per heavy atom. The van der Waals surface area contributed by atoms with E-state index >= 15 is 0 Å². The topological polar surface area (TPSA) is 46.6 Å². The minimum Gasteiger partial charge on any atom is -0.464 e. The molecule has 0 radical (unpaired) electrons. The zero-order chi connectivity index (χ0) is 20.8. The number of carbonyl (C=O) groups excluding carboxylic acids is 2. The lowest BCUT2D eigenvalue weighted by Gasteiger charge is -2.27. The third-order valence-electron chi connectivity index (χ3n) is 4.91. The fourth-order valence-corrected chi connectivity index (χ4v) is 3.66. The molecule has 0 saturated heterocycles. The standard InChI is InChI=1S/C23H28ClNO3/c1-6-28-23(27)21(13-18-8-7-9-19(24)12-18)25(5)22(26)14-20-16(3)10-15(2)11-17(20)4/h7-12,21H,6,13-14H2,1-5H3. The van der Waals surface area contributed by atoms with Gasteiger partial charge in [-0.05, 0) is 62.1 Å². The molecule has 28 heavy (non-hydrogen) atoms. The van der Waals surface area contributed by atoms with Gasteiger partial charge >= 0.3 is 5.97 Å². The van der Waals surface area contributed by atoms with Crippen LogP contribution in [0.15, 0.2) is 36.4 Å². The molecule has 150 valence electrons. The zero-order valence-corrected chi connectivity index (χ0v) is 18.0. The van der Waals surface area contributed by atoms with Crippen LogP contribution in [0.1, 0.15) is 34.7 Å². The first-order valence-corrected chi connectivity index (χ1v) is 9.84. The fourth-order valence-electron chi connectivity index (χ4n) is 3.44. The van der Waals surface area contributed by atoms with Crippen LogP contribution in [0, 0.1) is 20.8 Å². The van der Waals surface area contributed by atoms with Gasteiger partial charge in [0.15, 0.2) is 0 Å². The lowest BCUT2D eigenvalue weighted by molar-refractivity contribution is -0.153. The number of aryl methyl sites for hydroxylation is 3. The molecule has 2 aromatic carbocycles. The van der Waals surface area contributed by atoms with Crippen LogP contribution in [0.4, 0.5) is 0 Å². The molecule has 0 N–H and O–H groups in total. The minimum absolute atomic E-state index is 0.116. The van der Waals surface area contributed by atoms with Crippen molar-refractivity contribution < 1.29 is 14.3 Å². The third kappa shape index (κ3) is 5.59. The van der Waals surface area contributed by atoms with Crippen LogP contribution in [0.25, 0.3) is 0 Å². The average molecular weight is 402 g/mol. The van der Waals surface area contributed by atoms with Gasteiger partial charge in [-0.2, -0.15) is 0 Å². The second-order valence-electron chi connectivity index (χ2n) is 7.16. The second kappa shape index (κ2) is 9.74. The van der Waals surface area contributed by atoms with Gasteiger partial charge in [-0.25, -0.2) is 4.79 Å². The average Bonchev–Trinajstić information content (AvgIpc) is 2.62. The number of carbonyl (C=O) groups is 2. The maximum absolute atomic E-state index is 13.0. The molecule has 0 aromatic heterocycles. The summed E-state index contributed by atoms with van der Waals surface area (Å²) in [5.74, 6) is -0.522. The largest absolute Gasteiger partial charge is 0.464 e. The minimum atomic E-state index is -0.697. The predicted octanol–water partition coefficient (Wildman–Crippen LogP) is 4.44. The molecule has 0 heterocycles. The smallest absolute Gasteiger partial charge is 0.329 e. The normalized spacial score (nSPS) is 11.8. The number of likely N-dealkylation sites (N-methyl/N-ethyl adjacent to an activating group) is 1. The summed E-state index contributed by atoms with van der Waals surface area (Å²) in [5, 5.41) is 0.597. The van der Waals surface area contributed by atoms with E-state index in [0.717, 1.165) is 22.3 Å². The van der Waals surface area contributed by atoms with Gasteiger partial charge in [-0.3, -0.25) is 4.79 Å². The first-order chi connectivity index (χ1) is 13.2. The van der Waals surface area contributed by atoms with Crippen LogP contribution < -0.4 is 0 Å². The monoisotopic (exact) mass is 401 g/mol. The summed E-state index contributed by atoms with van der Waals surface area (Å²) in [6.07, 6.45) is 0.605. The molecule has 2 rings (SSSR count). The third-order valence-corrected chi connectivity index (χ3v) is 5.14. The van der Waals surface area contributed by atoms with Crippen LogP contribution in [-0.2, 0) is 27.2 Å². The van der Waals surface area contributed by atoms with Crippen LogP contribution >= 0.6 is 11.6 Å². The summed E-state index contributed by atoms with van der Waals surface area (Å²) in [5.41, 5.74) is 5.23. The lowest BCUT2D eigenvalue weighted by Crippen LogP contribution is -2.45. The maximum Gasteiger partial charge on any atom is 0.329 e. The Bertz CT molecular complexity index is 840. The molecule has 0 fully saturated rings. The molecule has 5 heteroatoms. The van der Waals surface area contributed by atoms with Gasteiger partial charge in [-0.15, -0.1) is 0 Å². The van der Waals surface area contributed by atoms with Crippen LogP contribution in [0.3, 0.4) is 0 Å². The predicted molar refractivity (Wildman–Crippen MR) is 113 cm³/mol. The Morgan fingerprint density at radius 1 is 1.11 bits per heavy atom. The van der Waals surface area contributed by atoms with E-state index in [4.69, 9.17) is 16.3 Å². The SMILES string of the molecule is CCOC(=O)C(Cc1cccc(Cl)c1)N(C)C(=O)Cc1c(C)cc(C)cc1C. The van der Waals surface area contributed by atoms with E-state index in [1.165, 1.54) is 10.5 Å². The lowest BCUT2D eigenvalue weighted by atomic mass is 9.96. The van der Waals surface area contributed by atoms with E-state index in [-0.39, 0.29) is 18.9 Å². The number of amides is 1. The van der Waals surface area contributed by atoms with E-state index in [2.05, 4.69) is 12.1 Å². The molecule has 0 aliphatic rings. The van der Waals surface area contributed by atoms with Gasteiger partial charge in [0.25, 0.3) is 0 Å². The van der Waals surface area contributed by atoms with Crippen LogP contribution in [0.5, 0.6) is 0 Å². The first kappa shape index (κ1) is 22.0. The van der Waals surface area contributed by atoms with Crippen molar-refractivity contribution >= 4 is 23.5 Å². The molecule has 4 nitrogen and oxygen atoms in total. The van der Waals surface area contributed by atoms with Crippen molar-refractivity contribution in [3.63, 3.8) is 0 Å². The van der Waals surface area contributed by atoms with E-state index in [1.54, 1.807) is 26.1 Å². The molecule has 1 amide bonds. The molecule has 2 aromatic rings. The fraction of sp³-hybridized carbons (Fsp3) is 0.391. The van der Waals surface area contributed by atoms with Crippen molar-refractivity contribution in [2.45, 2.75) is 46.6 Å². The van der Waals surface area contributed by atoms with Crippen molar-refractivity contribution in [3.05, 3.63) is 69.2 Å². The molecule has 0 spiro atoms. The van der Waals surface area contributed by atoms with Crippen molar-refractivity contribution in [1.29, 1.82) is 0 Å². The van der Waals surface area contributed by atoms with Crippen molar-refractivity contribution in [3.8, 4) is 0 Å². The molecular formula is C23H28ClNO3. The maximum atomic E-state index is 13.0. The van der Waals surface area contributed by atoms with Gasteiger partial charge in [0.1, 0.15) is 6.04 Å². The molecule has 0 aliphatic carbocycles. The number of rotatable bonds is 7. The number of halogens is 1. The van der Waals surface area contributed by atoms with Crippen LogP contribution in [-0.4, -0.2) is 36.5 Å². The van der Waals surface area contributed by atoms with Gasteiger partial charge < -0.3 is 9.64 Å². The summed E-state index contributed by atoms with van der Waals surface area (Å²) in [6.45, 7) is 8.09. The summed E-state index contributed by atoms with van der Waals surface area (Å²) >= 11 is 6.07. The van der Waals surface area contributed by atoms with Gasteiger partial charge in [0.05, 0.1) is 13.0 Å². The molecule has 0 saturated carbocycles. The van der Waals surface area contributed by atoms with Crippen molar-refractivity contribution in [2.24, 2.45) is 0 Å². The first-order valence-electron chi connectivity index (χ1n) is 9.46. The number of hydrogen-bond donors (Lipinski definition) is 0. The molecule has 1 atom stereocenters. The van der Waals surface area contributed by atoms with Gasteiger partial charge in [-0.1, -0.05) is 41.4 Å². The number of benzene rings is 2. The Balaban J connectivity index is 2.24. The van der Waals surface area contributed by atoms with Crippen molar-refractivity contribution in [2.75, 3.05) is 13.7 Å². The second-order valence-corrected chi connectivity index (χ2v) is 7.60. The van der Waals surface area contributed by atoms with Gasteiger partial charge in [0, 0.05) is 18.5 Å². The highest BCUT2D eigenvalue weighted by Crippen LogP contribution is 2.20. The molecule has 1 unspecified atom stereocenters. The Morgan fingerprint density at radius 3 is 2.32 bits per heavy atom. The Labute approximate surface area is 172 Å². The van der Waals surface area contributed by atoms with E-state index < -0.39 is 12.0 Å². The number of hydrogen-bond acceptors (Lipinski definition) is 3. The van der Waals surface area contributed by atoms with E-state index in [0.29, 0.717) is 11.4 Å². The summed E-state index contributed by atoms with van der Waals surface area (Å²) < 4.78 is 5.23. The highest BCUT2D eigenvalue weighted by molar-refractivity contribution is 6.30. The highest BCUT2D eigenvalue weighted by atomic mass is 35.5. The number of ether oxygens (including phenoxy) is 1. The zero-order valence-electron chi connectivity index (χ0n) is 17.2.